The van der Waals surface area contributed by atoms with E-state index >= 15 is 0 Å². The third-order valence-electron chi connectivity index (χ3n) is 3.60. The molecule has 0 saturated heterocycles. The number of hydrogen-bond donors (Lipinski definition) is 2. The number of nitrogen functional groups attached to an aromatic ring is 1. The Kier molecular flexibility index (Phi) is 3.17. The first kappa shape index (κ1) is 12.1. The smallest absolute Gasteiger partial charge is 0.147 e. The molecule has 1 aliphatic carbocycles. The molecule has 1 heterocycles. The fourth-order valence-electron chi connectivity index (χ4n) is 2.57. The molecule has 98 valence electrons. The molecule has 0 amide bonds. The van der Waals surface area contributed by atoms with E-state index in [-0.39, 0.29) is 0 Å². The van der Waals surface area contributed by atoms with Crippen LogP contribution in [0.1, 0.15) is 34.6 Å². The van der Waals surface area contributed by atoms with E-state index in [1.807, 2.05) is 0 Å². The molecule has 19 heavy (non-hydrogen) atoms. The number of hydrogen-bond acceptors (Lipinski definition) is 4. The first-order valence-electron chi connectivity index (χ1n) is 6.67. The van der Waals surface area contributed by atoms with Crippen LogP contribution in [0.2, 0.25) is 0 Å². The van der Waals surface area contributed by atoms with Crippen molar-refractivity contribution in [3.05, 3.63) is 52.5 Å². The van der Waals surface area contributed by atoms with Crippen LogP contribution in [0.5, 0.6) is 0 Å². The molecular weight excluding hydrogens is 236 g/mol. The Balaban J connectivity index is 1.91. The fraction of sp³-hybridized carbons (Fsp3) is 0.333. The SMILES string of the molecule is Cc1ccc(Cc2nc3c(c(NN)n2)CCC3)cc1. The maximum absolute atomic E-state index is 5.56. The molecule has 0 radical (unpaired) electrons. The normalized spacial score (nSPS) is 13.4. The molecule has 3 N–H and O–H groups in total. The van der Waals surface area contributed by atoms with Gasteiger partial charge in [-0.25, -0.2) is 15.8 Å². The quantitative estimate of drug-likeness (QED) is 0.650. The van der Waals surface area contributed by atoms with Gasteiger partial charge in [-0.05, 0) is 31.7 Å². The van der Waals surface area contributed by atoms with E-state index in [1.165, 1.54) is 16.7 Å². The zero-order chi connectivity index (χ0) is 13.2. The van der Waals surface area contributed by atoms with Crippen molar-refractivity contribution in [1.82, 2.24) is 9.97 Å². The number of nitrogens with two attached hydrogens (primary N) is 1. The second kappa shape index (κ2) is 4.97. The first-order chi connectivity index (χ1) is 9.26. The van der Waals surface area contributed by atoms with Gasteiger partial charge in [-0.2, -0.15) is 0 Å². The average Bonchev–Trinajstić information content (AvgIpc) is 2.89. The van der Waals surface area contributed by atoms with Crippen molar-refractivity contribution < 1.29 is 0 Å². The molecule has 0 spiro atoms. The maximum Gasteiger partial charge on any atom is 0.147 e. The number of nitrogens with zero attached hydrogens (tertiary/aromatic N) is 2. The predicted octanol–water partition coefficient (Wildman–Crippen LogP) is 2.15. The topological polar surface area (TPSA) is 63.8 Å². The summed E-state index contributed by atoms with van der Waals surface area (Å²) in [5, 5.41) is 0. The number of rotatable bonds is 3. The number of aryl methyl sites for hydroxylation is 2. The summed E-state index contributed by atoms with van der Waals surface area (Å²) in [5.41, 5.74) is 7.55. The van der Waals surface area contributed by atoms with E-state index in [0.29, 0.717) is 0 Å². The minimum atomic E-state index is 0.752. The summed E-state index contributed by atoms with van der Waals surface area (Å²) < 4.78 is 0. The van der Waals surface area contributed by atoms with Crippen molar-refractivity contribution in [3.63, 3.8) is 0 Å². The largest absolute Gasteiger partial charge is 0.308 e. The lowest BCUT2D eigenvalue weighted by Gasteiger charge is -2.09. The standard InChI is InChI=1S/C15H18N4/c1-10-5-7-11(8-6-10)9-14-17-13-4-2-3-12(13)15(18-14)19-16/h5-8H,2-4,9,16H2,1H3,(H,17,18,19). The van der Waals surface area contributed by atoms with Gasteiger partial charge in [-0.3, -0.25) is 0 Å². The fourth-order valence-corrected chi connectivity index (χ4v) is 2.57. The number of benzene rings is 1. The molecule has 1 aliphatic rings. The van der Waals surface area contributed by atoms with E-state index < -0.39 is 0 Å². The van der Waals surface area contributed by atoms with Crippen molar-refractivity contribution in [3.8, 4) is 0 Å². The Labute approximate surface area is 113 Å². The van der Waals surface area contributed by atoms with Crippen LogP contribution in [0, 0.1) is 6.92 Å². The number of aromatic nitrogens is 2. The molecule has 0 bridgehead atoms. The summed E-state index contributed by atoms with van der Waals surface area (Å²) in [6.07, 6.45) is 3.96. The molecule has 2 aromatic rings. The van der Waals surface area contributed by atoms with Gasteiger partial charge in [-0.1, -0.05) is 29.8 Å². The average molecular weight is 254 g/mol. The van der Waals surface area contributed by atoms with E-state index in [9.17, 15) is 0 Å². The van der Waals surface area contributed by atoms with Gasteiger partial charge in [0.25, 0.3) is 0 Å². The zero-order valence-corrected chi connectivity index (χ0v) is 11.1. The van der Waals surface area contributed by atoms with Crippen molar-refractivity contribution in [2.75, 3.05) is 5.43 Å². The van der Waals surface area contributed by atoms with Gasteiger partial charge in [0.15, 0.2) is 0 Å². The van der Waals surface area contributed by atoms with Crippen molar-refractivity contribution in [1.29, 1.82) is 0 Å². The summed E-state index contributed by atoms with van der Waals surface area (Å²) in [7, 11) is 0. The van der Waals surface area contributed by atoms with E-state index in [2.05, 4.69) is 46.6 Å². The second-order valence-corrected chi connectivity index (χ2v) is 5.07. The van der Waals surface area contributed by atoms with Gasteiger partial charge in [0.1, 0.15) is 11.6 Å². The van der Waals surface area contributed by atoms with E-state index in [4.69, 9.17) is 5.84 Å². The minimum absolute atomic E-state index is 0.752. The molecule has 0 saturated carbocycles. The summed E-state index contributed by atoms with van der Waals surface area (Å²) in [6, 6.07) is 8.48. The summed E-state index contributed by atoms with van der Waals surface area (Å²) in [6.45, 7) is 2.09. The molecule has 0 aliphatic heterocycles. The van der Waals surface area contributed by atoms with Gasteiger partial charge in [0, 0.05) is 17.7 Å². The molecule has 4 nitrogen and oxygen atoms in total. The van der Waals surface area contributed by atoms with Gasteiger partial charge in [-0.15, -0.1) is 0 Å². The Morgan fingerprint density at radius 2 is 1.95 bits per heavy atom. The third kappa shape index (κ3) is 2.44. The molecular formula is C15H18N4. The monoisotopic (exact) mass is 254 g/mol. The van der Waals surface area contributed by atoms with Gasteiger partial charge < -0.3 is 5.43 Å². The van der Waals surface area contributed by atoms with Crippen LogP contribution in [-0.2, 0) is 19.3 Å². The van der Waals surface area contributed by atoms with E-state index in [0.717, 1.165) is 43.0 Å². The van der Waals surface area contributed by atoms with E-state index in [1.54, 1.807) is 0 Å². The van der Waals surface area contributed by atoms with Crippen LogP contribution in [0.15, 0.2) is 24.3 Å². The highest BCUT2D eigenvalue weighted by atomic mass is 15.3. The Hall–Kier alpha value is -1.94. The summed E-state index contributed by atoms with van der Waals surface area (Å²) in [4.78, 5) is 9.21. The highest BCUT2D eigenvalue weighted by molar-refractivity contribution is 5.48. The van der Waals surface area contributed by atoms with Gasteiger partial charge in [0.05, 0.1) is 0 Å². The van der Waals surface area contributed by atoms with Crippen molar-refractivity contribution in [2.24, 2.45) is 5.84 Å². The molecule has 1 aromatic heterocycles. The van der Waals surface area contributed by atoms with Crippen LogP contribution in [0.25, 0.3) is 0 Å². The predicted molar refractivity (Wildman–Crippen MR) is 75.9 cm³/mol. The van der Waals surface area contributed by atoms with Crippen LogP contribution in [-0.4, -0.2) is 9.97 Å². The van der Waals surface area contributed by atoms with Gasteiger partial charge >= 0.3 is 0 Å². The Bertz CT molecular complexity index is 590. The minimum Gasteiger partial charge on any atom is -0.308 e. The highest BCUT2D eigenvalue weighted by Crippen LogP contribution is 2.26. The van der Waals surface area contributed by atoms with Crippen LogP contribution < -0.4 is 11.3 Å². The first-order valence-corrected chi connectivity index (χ1v) is 6.67. The molecule has 0 fully saturated rings. The molecule has 0 unspecified atom stereocenters. The van der Waals surface area contributed by atoms with Crippen LogP contribution in [0.3, 0.4) is 0 Å². The third-order valence-corrected chi connectivity index (χ3v) is 3.60. The van der Waals surface area contributed by atoms with Crippen molar-refractivity contribution >= 4 is 5.82 Å². The Morgan fingerprint density at radius 3 is 2.68 bits per heavy atom. The maximum atomic E-state index is 5.56. The number of anilines is 1. The number of fused-ring (bicyclic) bond motifs is 1. The second-order valence-electron chi connectivity index (χ2n) is 5.07. The summed E-state index contributed by atoms with van der Waals surface area (Å²) >= 11 is 0. The summed E-state index contributed by atoms with van der Waals surface area (Å²) in [5.74, 6) is 7.21. The number of nitrogens with one attached hydrogen (secondary N) is 1. The lowest BCUT2D eigenvalue weighted by Crippen LogP contribution is -2.14. The molecule has 1 aromatic carbocycles. The highest BCUT2D eigenvalue weighted by Gasteiger charge is 2.18. The lowest BCUT2D eigenvalue weighted by molar-refractivity contribution is 0.885. The lowest BCUT2D eigenvalue weighted by atomic mass is 10.1. The molecule has 4 heteroatoms. The zero-order valence-electron chi connectivity index (χ0n) is 11.1. The van der Waals surface area contributed by atoms with Gasteiger partial charge in [0.2, 0.25) is 0 Å². The molecule has 0 atom stereocenters. The van der Waals surface area contributed by atoms with Crippen LogP contribution in [0.4, 0.5) is 5.82 Å². The van der Waals surface area contributed by atoms with Crippen LogP contribution >= 0.6 is 0 Å². The van der Waals surface area contributed by atoms with Crippen molar-refractivity contribution in [2.45, 2.75) is 32.6 Å². The molecule has 3 rings (SSSR count). The number of hydrazine groups is 1. The Morgan fingerprint density at radius 1 is 1.16 bits per heavy atom.